The second kappa shape index (κ2) is 7.29. The Kier molecular flexibility index (Phi) is 4.33. The maximum Gasteiger partial charge on any atom is 0.464 e. The average Bonchev–Trinajstić information content (AvgIpc) is 3.36. The molecule has 6 nitrogen and oxygen atoms in total. The molecule has 3 N–H and O–H groups in total. The molecule has 3 heterocycles. The fourth-order valence-electron chi connectivity index (χ4n) is 3.39. The van der Waals surface area contributed by atoms with Gasteiger partial charge in [-0.05, 0) is 48.5 Å². The van der Waals surface area contributed by atoms with Crippen LogP contribution < -0.4 is 10.1 Å². The molecule has 0 saturated heterocycles. The van der Waals surface area contributed by atoms with E-state index in [1.54, 1.807) is 30.8 Å². The number of fused-ring (bicyclic) bond motifs is 1. The largest absolute Gasteiger partial charge is 0.464 e. The second-order valence-corrected chi connectivity index (χ2v) is 6.72. The number of pyridine rings is 1. The number of nitrogens with zero attached hydrogens (tertiary/aromatic N) is 3. The zero-order valence-corrected chi connectivity index (χ0v) is 15.8. The van der Waals surface area contributed by atoms with Crippen molar-refractivity contribution in [1.82, 2.24) is 9.97 Å². The van der Waals surface area contributed by atoms with Crippen molar-refractivity contribution in [3.05, 3.63) is 96.9 Å². The minimum absolute atomic E-state index is 0.286. The fraction of sp³-hybridized carbons (Fsp3) is 0. The van der Waals surface area contributed by atoms with Crippen LogP contribution in [0.2, 0.25) is 0 Å². The molecule has 0 unspecified atom stereocenters. The number of hydrogen-bond donors (Lipinski definition) is 2. The highest BCUT2D eigenvalue weighted by atomic mass is 19.1. The van der Waals surface area contributed by atoms with Crippen molar-refractivity contribution in [1.29, 1.82) is 0 Å². The highest BCUT2D eigenvalue weighted by Crippen LogP contribution is 2.31. The van der Waals surface area contributed by atoms with Crippen molar-refractivity contribution in [2.45, 2.75) is 0 Å². The van der Waals surface area contributed by atoms with Gasteiger partial charge in [-0.15, -0.1) is 0 Å². The van der Waals surface area contributed by atoms with Crippen molar-refractivity contribution in [3.63, 3.8) is 0 Å². The molecule has 5 aromatic rings. The Morgan fingerprint density at radius 2 is 1.83 bits per heavy atom. The maximum absolute atomic E-state index is 13.4. The Hall–Kier alpha value is -4.26. The maximum atomic E-state index is 13.4. The van der Waals surface area contributed by atoms with Crippen LogP contribution in [0, 0.1) is 5.82 Å². The lowest BCUT2D eigenvalue weighted by Gasteiger charge is -2.04. The van der Waals surface area contributed by atoms with E-state index in [4.69, 9.17) is 10.2 Å². The van der Waals surface area contributed by atoms with Crippen LogP contribution in [0.3, 0.4) is 0 Å². The number of imidazole rings is 1. The van der Waals surface area contributed by atoms with Crippen molar-refractivity contribution < 1.29 is 13.2 Å². The molecular formula is C23H17FN5O+. The number of nitrogens with two attached hydrogens (primary N) is 1. The predicted octanol–water partition coefficient (Wildman–Crippen LogP) is 4.25. The Labute approximate surface area is 171 Å². The van der Waals surface area contributed by atoms with E-state index in [1.807, 2.05) is 47.0 Å². The number of oxazole rings is 1. The lowest BCUT2D eigenvalue weighted by Crippen LogP contribution is -2.18. The fourth-order valence-corrected chi connectivity index (χ4v) is 3.39. The van der Waals surface area contributed by atoms with Crippen molar-refractivity contribution >= 4 is 17.4 Å². The Balaban J connectivity index is 1.63. The van der Waals surface area contributed by atoms with Crippen molar-refractivity contribution in [2.24, 2.45) is 10.7 Å². The summed E-state index contributed by atoms with van der Waals surface area (Å²) in [6.07, 6.45) is 6.78. The molecule has 3 aromatic heterocycles. The zero-order chi connectivity index (χ0) is 20.5. The van der Waals surface area contributed by atoms with Crippen LogP contribution in [0.1, 0.15) is 5.56 Å². The van der Waals surface area contributed by atoms with Gasteiger partial charge in [-0.3, -0.25) is 4.98 Å². The van der Waals surface area contributed by atoms with Crippen LogP contribution in [0.15, 0.2) is 94.9 Å². The third-order valence-corrected chi connectivity index (χ3v) is 4.80. The van der Waals surface area contributed by atoms with Crippen LogP contribution in [-0.4, -0.2) is 15.8 Å². The Morgan fingerprint density at radius 3 is 2.63 bits per heavy atom. The van der Waals surface area contributed by atoms with Gasteiger partial charge in [0.05, 0.1) is 5.69 Å². The van der Waals surface area contributed by atoms with Crippen molar-refractivity contribution in [2.75, 3.05) is 0 Å². The molecule has 30 heavy (non-hydrogen) atoms. The SMILES string of the molecule is NC(=Nc1cccc(-c2c(-c3ccc(F)cc3)[nH]c3occ[n+]23)c1)c1ccncc1. The summed E-state index contributed by atoms with van der Waals surface area (Å²) in [7, 11) is 0. The molecule has 0 aliphatic carbocycles. The quantitative estimate of drug-likeness (QED) is 0.270. The molecule has 0 fully saturated rings. The number of halogens is 1. The highest BCUT2D eigenvalue weighted by Gasteiger charge is 2.24. The molecule has 0 aliphatic rings. The summed E-state index contributed by atoms with van der Waals surface area (Å²) < 4.78 is 20.9. The number of H-pyrrole nitrogens is 1. The van der Waals surface area contributed by atoms with E-state index in [1.165, 1.54) is 12.1 Å². The monoisotopic (exact) mass is 398 g/mol. The predicted molar refractivity (Wildman–Crippen MR) is 112 cm³/mol. The van der Waals surface area contributed by atoms with Gasteiger partial charge in [0.25, 0.3) is 0 Å². The topological polar surface area (TPSA) is 84.3 Å². The first kappa shape index (κ1) is 17.8. The summed E-state index contributed by atoms with van der Waals surface area (Å²) >= 11 is 0. The van der Waals surface area contributed by atoms with Crippen LogP contribution in [0.5, 0.6) is 0 Å². The molecular weight excluding hydrogens is 381 g/mol. The third-order valence-electron chi connectivity index (χ3n) is 4.80. The van der Waals surface area contributed by atoms with E-state index in [0.29, 0.717) is 17.4 Å². The lowest BCUT2D eigenvalue weighted by molar-refractivity contribution is -0.499. The smallest absolute Gasteiger partial charge is 0.396 e. The first-order valence-corrected chi connectivity index (χ1v) is 9.31. The molecule has 0 spiro atoms. The minimum atomic E-state index is -0.286. The summed E-state index contributed by atoms with van der Waals surface area (Å²) in [4.78, 5) is 11.8. The Bertz CT molecular complexity index is 1350. The summed E-state index contributed by atoms with van der Waals surface area (Å²) in [5.41, 5.74) is 11.1. The zero-order valence-electron chi connectivity index (χ0n) is 15.8. The van der Waals surface area contributed by atoms with Gasteiger partial charge in [0, 0.05) is 29.1 Å². The summed E-state index contributed by atoms with van der Waals surface area (Å²) in [5.74, 6) is 0.698. The number of aliphatic imine (C=N–C) groups is 1. The van der Waals surface area contributed by atoms with Gasteiger partial charge in [0.15, 0.2) is 11.4 Å². The van der Waals surface area contributed by atoms with Crippen LogP contribution in [0.25, 0.3) is 28.4 Å². The molecule has 0 aliphatic heterocycles. The lowest BCUT2D eigenvalue weighted by atomic mass is 10.0. The first-order valence-electron chi connectivity index (χ1n) is 9.31. The van der Waals surface area contributed by atoms with Crippen molar-refractivity contribution in [3.8, 4) is 22.5 Å². The molecule has 0 amide bonds. The van der Waals surface area contributed by atoms with Gasteiger partial charge in [-0.25, -0.2) is 14.4 Å². The number of aromatic nitrogens is 3. The van der Waals surface area contributed by atoms with E-state index < -0.39 is 0 Å². The second-order valence-electron chi connectivity index (χ2n) is 6.72. The number of hydrogen-bond acceptors (Lipinski definition) is 3. The first-order chi connectivity index (χ1) is 14.7. The van der Waals surface area contributed by atoms with Gasteiger partial charge in [0.2, 0.25) is 0 Å². The number of aromatic amines is 1. The van der Waals surface area contributed by atoms with Gasteiger partial charge in [-0.2, -0.15) is 4.40 Å². The van der Waals surface area contributed by atoms with Gasteiger partial charge >= 0.3 is 5.84 Å². The summed E-state index contributed by atoms with van der Waals surface area (Å²) in [6.45, 7) is 0. The normalized spacial score (nSPS) is 11.8. The summed E-state index contributed by atoms with van der Waals surface area (Å²) in [6, 6.07) is 17.7. The molecule has 0 atom stereocenters. The van der Waals surface area contributed by atoms with E-state index >= 15 is 0 Å². The van der Waals surface area contributed by atoms with E-state index in [9.17, 15) is 4.39 Å². The van der Waals surface area contributed by atoms with E-state index in [2.05, 4.69) is 15.0 Å². The van der Waals surface area contributed by atoms with E-state index in [0.717, 1.165) is 28.1 Å². The molecule has 2 aromatic carbocycles. The van der Waals surface area contributed by atoms with Gasteiger partial charge in [0.1, 0.15) is 24.1 Å². The molecule has 0 saturated carbocycles. The number of amidine groups is 1. The van der Waals surface area contributed by atoms with Gasteiger partial charge in [-0.1, -0.05) is 12.1 Å². The van der Waals surface area contributed by atoms with E-state index in [-0.39, 0.29) is 5.82 Å². The minimum Gasteiger partial charge on any atom is -0.396 e. The van der Waals surface area contributed by atoms with Crippen LogP contribution >= 0.6 is 0 Å². The standard InChI is InChI=1S/C23H16FN5O/c24-18-6-4-15(5-7-18)20-21(29-12-13-30-23(29)28-20)17-2-1-3-19(14-17)27-22(25)16-8-10-26-11-9-16/h1-14H,(H2,25,27)/p+1. The molecule has 5 rings (SSSR count). The van der Waals surface area contributed by atoms with Gasteiger partial charge < -0.3 is 10.2 Å². The number of benzene rings is 2. The average molecular weight is 398 g/mol. The van der Waals surface area contributed by atoms with Crippen LogP contribution in [-0.2, 0) is 0 Å². The third kappa shape index (κ3) is 3.22. The highest BCUT2D eigenvalue weighted by molar-refractivity contribution is 5.99. The molecule has 146 valence electrons. The number of nitrogens with one attached hydrogen (secondary N) is 1. The summed E-state index contributed by atoms with van der Waals surface area (Å²) in [5, 5.41) is 0. The molecule has 0 radical (unpaired) electrons. The molecule has 7 heteroatoms. The molecule has 0 bridgehead atoms. The Morgan fingerprint density at radius 1 is 1.03 bits per heavy atom. The number of rotatable bonds is 4. The van der Waals surface area contributed by atoms with Crippen LogP contribution in [0.4, 0.5) is 10.1 Å².